The molecule has 0 saturated heterocycles. The van der Waals surface area contributed by atoms with E-state index in [0.29, 0.717) is 6.42 Å². The highest BCUT2D eigenvalue weighted by atomic mass is 19.2. The minimum Gasteiger partial charge on any atom is -0.369 e. The number of methoxy groups -OCH3 is 2. The Bertz CT molecular complexity index is 252. The van der Waals surface area contributed by atoms with E-state index in [9.17, 15) is 13.6 Å². The van der Waals surface area contributed by atoms with Crippen LogP contribution >= 0.6 is 0 Å². The van der Waals surface area contributed by atoms with Crippen molar-refractivity contribution in [2.24, 2.45) is 17.1 Å². The number of hydrogen-bond acceptors (Lipinski definition) is 3. The van der Waals surface area contributed by atoms with Crippen LogP contribution in [0, 0.1) is 11.3 Å². The lowest BCUT2D eigenvalue weighted by molar-refractivity contribution is -0.199. The van der Waals surface area contributed by atoms with Crippen LogP contribution in [0.25, 0.3) is 0 Å². The predicted octanol–water partition coefficient (Wildman–Crippen LogP) is 1.14. The summed E-state index contributed by atoms with van der Waals surface area (Å²) >= 11 is 0. The van der Waals surface area contributed by atoms with E-state index in [1.54, 1.807) is 0 Å². The van der Waals surface area contributed by atoms with Gasteiger partial charge in [-0.15, -0.1) is 0 Å². The van der Waals surface area contributed by atoms with Gasteiger partial charge in [0.05, 0.1) is 5.41 Å². The fourth-order valence-electron chi connectivity index (χ4n) is 2.33. The zero-order valence-corrected chi connectivity index (χ0v) is 9.41. The number of ether oxygens (including phenoxy) is 2. The molecule has 3 unspecified atom stereocenters. The summed E-state index contributed by atoms with van der Waals surface area (Å²) in [5.74, 6) is -1.05. The number of halogens is 2. The zero-order valence-electron chi connectivity index (χ0n) is 9.41. The molecule has 0 heterocycles. The van der Waals surface area contributed by atoms with Crippen LogP contribution in [0.5, 0.6) is 0 Å². The van der Waals surface area contributed by atoms with E-state index in [1.165, 1.54) is 0 Å². The Kier molecular flexibility index (Phi) is 4.21. The van der Waals surface area contributed by atoms with Crippen molar-refractivity contribution in [2.75, 3.05) is 14.2 Å². The van der Waals surface area contributed by atoms with Crippen molar-refractivity contribution in [1.29, 1.82) is 0 Å². The lowest BCUT2D eigenvalue weighted by Gasteiger charge is -2.33. The molecule has 6 heteroatoms. The van der Waals surface area contributed by atoms with Crippen molar-refractivity contribution >= 4 is 5.91 Å². The van der Waals surface area contributed by atoms with Gasteiger partial charge in [0.15, 0.2) is 0 Å². The van der Waals surface area contributed by atoms with Gasteiger partial charge in [-0.1, -0.05) is 0 Å². The topological polar surface area (TPSA) is 61.6 Å². The highest BCUT2D eigenvalue weighted by Crippen LogP contribution is 2.49. The lowest BCUT2D eigenvalue weighted by atomic mass is 9.84. The minimum absolute atomic E-state index is 0.0202. The molecule has 0 radical (unpaired) electrons. The highest BCUT2D eigenvalue weighted by molar-refractivity contribution is 5.77. The van der Waals surface area contributed by atoms with Crippen molar-refractivity contribution in [3.8, 4) is 0 Å². The predicted molar refractivity (Wildman–Crippen MR) is 52.8 cm³/mol. The van der Waals surface area contributed by atoms with E-state index in [-0.39, 0.29) is 12.8 Å². The Morgan fingerprint density at radius 1 is 1.38 bits per heavy atom. The fraction of sp³-hybridized carbons (Fsp3) is 0.900. The molecule has 0 bridgehead atoms. The van der Waals surface area contributed by atoms with Gasteiger partial charge in [-0.25, -0.2) is 8.78 Å². The van der Waals surface area contributed by atoms with Gasteiger partial charge in [0.1, 0.15) is 0 Å². The van der Waals surface area contributed by atoms with Crippen LogP contribution < -0.4 is 5.73 Å². The number of carbonyl (C=O) groups excluding carboxylic acids is 1. The molecule has 1 rings (SSSR count). The quantitative estimate of drug-likeness (QED) is 0.780. The average molecular weight is 237 g/mol. The van der Waals surface area contributed by atoms with Crippen LogP contribution in [-0.4, -0.2) is 32.8 Å². The van der Waals surface area contributed by atoms with Crippen molar-refractivity contribution in [3.63, 3.8) is 0 Å². The molecule has 4 nitrogen and oxygen atoms in total. The Morgan fingerprint density at radius 3 is 2.19 bits per heavy atom. The molecule has 1 amide bonds. The molecule has 3 atom stereocenters. The molecule has 94 valence electrons. The SMILES string of the molecule is COC(F)C1(C(F)OC)CCC(C(N)=O)C1. The first-order valence-electron chi connectivity index (χ1n) is 5.11. The van der Waals surface area contributed by atoms with Gasteiger partial charge >= 0.3 is 0 Å². The Balaban J connectivity index is 2.87. The lowest BCUT2D eigenvalue weighted by Crippen LogP contribution is -2.41. The highest BCUT2D eigenvalue weighted by Gasteiger charge is 2.53. The summed E-state index contributed by atoms with van der Waals surface area (Å²) in [4.78, 5) is 11.0. The van der Waals surface area contributed by atoms with E-state index in [2.05, 4.69) is 9.47 Å². The summed E-state index contributed by atoms with van der Waals surface area (Å²) in [7, 11) is 2.32. The second-order valence-electron chi connectivity index (χ2n) is 4.18. The molecule has 1 aliphatic rings. The van der Waals surface area contributed by atoms with Gasteiger partial charge in [0, 0.05) is 20.1 Å². The summed E-state index contributed by atoms with van der Waals surface area (Å²) < 4.78 is 36.4. The van der Waals surface area contributed by atoms with Crippen molar-refractivity contribution in [3.05, 3.63) is 0 Å². The van der Waals surface area contributed by atoms with E-state index < -0.39 is 30.0 Å². The summed E-state index contributed by atoms with van der Waals surface area (Å²) in [5, 5.41) is 0. The number of hydrogen-bond donors (Lipinski definition) is 1. The minimum atomic E-state index is -1.80. The van der Waals surface area contributed by atoms with Gasteiger partial charge < -0.3 is 15.2 Å². The first-order valence-corrected chi connectivity index (χ1v) is 5.11. The van der Waals surface area contributed by atoms with Gasteiger partial charge in [0.25, 0.3) is 0 Å². The summed E-state index contributed by atoms with van der Waals surface area (Å²) in [6, 6.07) is 0. The number of rotatable bonds is 5. The largest absolute Gasteiger partial charge is 0.369 e. The third kappa shape index (κ3) is 2.17. The number of amides is 1. The van der Waals surface area contributed by atoms with E-state index >= 15 is 0 Å². The molecule has 16 heavy (non-hydrogen) atoms. The molecule has 1 saturated carbocycles. The monoisotopic (exact) mass is 237 g/mol. The van der Waals surface area contributed by atoms with Crippen LogP contribution in [0.4, 0.5) is 8.78 Å². The standard InChI is InChI=1S/C10H17F2NO3/c1-15-8(11)10(9(12)16-2)4-3-6(5-10)7(13)14/h6,8-9H,3-5H2,1-2H3,(H2,13,14). The molecule has 0 aromatic carbocycles. The first-order chi connectivity index (χ1) is 7.47. The van der Waals surface area contributed by atoms with Crippen molar-refractivity contribution in [2.45, 2.75) is 32.0 Å². The maximum atomic E-state index is 13.7. The van der Waals surface area contributed by atoms with Crippen LogP contribution in [-0.2, 0) is 14.3 Å². The van der Waals surface area contributed by atoms with Gasteiger partial charge in [0.2, 0.25) is 18.6 Å². The van der Waals surface area contributed by atoms with E-state index in [0.717, 1.165) is 14.2 Å². The number of primary amides is 1. The Hall–Kier alpha value is -0.750. The second kappa shape index (κ2) is 5.05. The number of nitrogens with two attached hydrogens (primary N) is 1. The molecule has 1 aliphatic carbocycles. The fourth-order valence-corrected chi connectivity index (χ4v) is 2.33. The third-order valence-electron chi connectivity index (χ3n) is 3.30. The number of carbonyl (C=O) groups is 1. The van der Waals surface area contributed by atoms with E-state index in [1.807, 2.05) is 0 Å². The third-order valence-corrected chi connectivity index (χ3v) is 3.30. The van der Waals surface area contributed by atoms with Crippen LogP contribution in [0.3, 0.4) is 0 Å². The second-order valence-corrected chi connectivity index (χ2v) is 4.18. The van der Waals surface area contributed by atoms with Gasteiger partial charge in [-0.05, 0) is 19.3 Å². The smallest absolute Gasteiger partial charge is 0.220 e. The molecular formula is C10H17F2NO3. The summed E-state index contributed by atoms with van der Waals surface area (Å²) in [5.41, 5.74) is 3.72. The maximum absolute atomic E-state index is 13.7. The summed E-state index contributed by atoms with van der Waals surface area (Å²) in [6.45, 7) is 0. The molecule has 2 N–H and O–H groups in total. The van der Waals surface area contributed by atoms with Crippen LogP contribution in [0.1, 0.15) is 19.3 Å². The molecular weight excluding hydrogens is 220 g/mol. The van der Waals surface area contributed by atoms with Crippen LogP contribution in [0.15, 0.2) is 0 Å². The molecule has 0 spiro atoms. The van der Waals surface area contributed by atoms with Crippen molar-refractivity contribution < 1.29 is 23.0 Å². The first kappa shape index (κ1) is 13.3. The van der Waals surface area contributed by atoms with Crippen LogP contribution in [0.2, 0.25) is 0 Å². The Labute approximate surface area is 93.1 Å². The molecule has 0 aliphatic heterocycles. The summed E-state index contributed by atoms with van der Waals surface area (Å²) in [6.07, 6.45) is -3.03. The zero-order chi connectivity index (χ0) is 12.3. The normalized spacial score (nSPS) is 33.6. The van der Waals surface area contributed by atoms with E-state index in [4.69, 9.17) is 5.73 Å². The average Bonchev–Trinajstić information content (AvgIpc) is 2.73. The molecule has 0 aromatic heterocycles. The molecule has 1 fully saturated rings. The number of alkyl halides is 2. The van der Waals surface area contributed by atoms with Crippen molar-refractivity contribution in [1.82, 2.24) is 0 Å². The molecule has 0 aromatic rings. The van der Waals surface area contributed by atoms with Gasteiger partial charge in [-0.2, -0.15) is 0 Å². The van der Waals surface area contributed by atoms with Gasteiger partial charge in [-0.3, -0.25) is 4.79 Å². The Morgan fingerprint density at radius 2 is 1.88 bits per heavy atom. The maximum Gasteiger partial charge on any atom is 0.220 e.